The normalized spacial score (nSPS) is 33.1. The van der Waals surface area contributed by atoms with Crippen LogP contribution in [-0.2, 0) is 19.1 Å². The third-order valence-corrected chi connectivity index (χ3v) is 14.0. The van der Waals surface area contributed by atoms with Gasteiger partial charge < -0.3 is 15.2 Å². The molecule has 0 bridgehead atoms. The first-order valence-electron chi connectivity index (χ1n) is 20.6. The summed E-state index contributed by atoms with van der Waals surface area (Å²) in [5, 5.41) is 11.4. The van der Waals surface area contributed by atoms with Gasteiger partial charge in [0.1, 0.15) is 12.6 Å². The Labute approximate surface area is 299 Å². The molecule has 1 amide bonds. The molecule has 2 N–H and O–H groups in total. The van der Waals surface area contributed by atoms with Crippen LogP contribution in [-0.4, -0.2) is 35.6 Å². The summed E-state index contributed by atoms with van der Waals surface area (Å²) in [6.45, 7) is 9.41. The van der Waals surface area contributed by atoms with Gasteiger partial charge in [-0.1, -0.05) is 84.1 Å². The summed E-state index contributed by atoms with van der Waals surface area (Å²) in [6.07, 6.45) is 33.9. The average molecular weight is 682 g/mol. The van der Waals surface area contributed by atoms with Gasteiger partial charge in [0.25, 0.3) is 0 Å². The van der Waals surface area contributed by atoms with Gasteiger partial charge in [-0.3, -0.25) is 14.4 Å². The molecule has 0 aliphatic heterocycles. The molecule has 49 heavy (non-hydrogen) atoms. The zero-order chi connectivity index (χ0) is 35.3. The average Bonchev–Trinajstić information content (AvgIpc) is 3.44. The number of esters is 1. The van der Waals surface area contributed by atoms with Crippen molar-refractivity contribution in [1.29, 1.82) is 0 Å². The highest BCUT2D eigenvalue weighted by molar-refractivity contribution is 5.81. The molecule has 0 heterocycles. The Morgan fingerprint density at radius 1 is 0.816 bits per heavy atom. The number of hydrogen-bond acceptors (Lipinski definition) is 4. The van der Waals surface area contributed by atoms with Crippen molar-refractivity contribution in [2.24, 2.45) is 46.3 Å². The SMILES string of the molecule is CCCC/C=C\C/C=C\CCCCCCCC(=O)OC1CCC2(C)C(CCC3C2CCC2(C)C(C(C)CCC(=O)NCC(=O)O)CCC32)C1. The second kappa shape index (κ2) is 19.5. The minimum atomic E-state index is -0.991. The summed E-state index contributed by atoms with van der Waals surface area (Å²) in [7, 11) is 0. The molecule has 4 rings (SSSR count). The lowest BCUT2D eigenvalue weighted by Crippen LogP contribution is -2.54. The molecule has 0 spiro atoms. The number of aliphatic carboxylic acids is 1. The summed E-state index contributed by atoms with van der Waals surface area (Å²) in [6, 6.07) is 0. The zero-order valence-corrected chi connectivity index (χ0v) is 31.7. The van der Waals surface area contributed by atoms with Crippen LogP contribution in [0.15, 0.2) is 24.3 Å². The van der Waals surface area contributed by atoms with Crippen molar-refractivity contribution in [1.82, 2.24) is 5.32 Å². The number of carbonyl (C=O) groups is 3. The predicted molar refractivity (Wildman–Crippen MR) is 199 cm³/mol. The Morgan fingerprint density at radius 2 is 1.51 bits per heavy atom. The third-order valence-electron chi connectivity index (χ3n) is 14.0. The Bertz CT molecular complexity index is 1120. The van der Waals surface area contributed by atoms with Gasteiger partial charge in [0.2, 0.25) is 5.91 Å². The number of allylic oxidation sites excluding steroid dienone is 4. The fraction of sp³-hybridized carbons (Fsp3) is 0.837. The molecule has 6 nitrogen and oxygen atoms in total. The van der Waals surface area contributed by atoms with E-state index in [1.165, 1.54) is 83.5 Å². The lowest BCUT2D eigenvalue weighted by Gasteiger charge is -2.61. The van der Waals surface area contributed by atoms with Gasteiger partial charge in [0, 0.05) is 12.8 Å². The molecule has 0 aromatic carbocycles. The lowest BCUT2D eigenvalue weighted by atomic mass is 9.44. The van der Waals surface area contributed by atoms with Gasteiger partial charge in [-0.25, -0.2) is 0 Å². The van der Waals surface area contributed by atoms with E-state index in [1.54, 1.807) is 0 Å². The van der Waals surface area contributed by atoms with E-state index >= 15 is 0 Å². The quantitative estimate of drug-likeness (QED) is 0.0758. The first-order chi connectivity index (χ1) is 23.6. The minimum absolute atomic E-state index is 0.0242. The van der Waals surface area contributed by atoms with Gasteiger partial charge >= 0.3 is 11.9 Å². The highest BCUT2D eigenvalue weighted by Gasteiger charge is 2.60. The van der Waals surface area contributed by atoms with Crippen molar-refractivity contribution in [2.45, 2.75) is 175 Å². The van der Waals surface area contributed by atoms with Crippen molar-refractivity contribution in [2.75, 3.05) is 6.54 Å². The molecule has 9 unspecified atom stereocenters. The maximum absolute atomic E-state index is 12.8. The number of carbonyl (C=O) groups excluding carboxylic acids is 2. The van der Waals surface area contributed by atoms with Crippen molar-refractivity contribution >= 4 is 17.8 Å². The second-order valence-corrected chi connectivity index (χ2v) is 17.1. The number of carboxylic acid groups (broad SMARTS) is 1. The van der Waals surface area contributed by atoms with E-state index < -0.39 is 5.97 Å². The highest BCUT2D eigenvalue weighted by atomic mass is 16.5. The molecule has 6 heteroatoms. The van der Waals surface area contributed by atoms with Crippen molar-refractivity contribution in [3.8, 4) is 0 Å². The van der Waals surface area contributed by atoms with Crippen LogP contribution >= 0.6 is 0 Å². The van der Waals surface area contributed by atoms with Gasteiger partial charge in [0.15, 0.2) is 0 Å². The minimum Gasteiger partial charge on any atom is -0.480 e. The smallest absolute Gasteiger partial charge is 0.322 e. The topological polar surface area (TPSA) is 92.7 Å². The highest BCUT2D eigenvalue weighted by Crippen LogP contribution is 2.68. The van der Waals surface area contributed by atoms with Crippen LogP contribution in [0.1, 0.15) is 169 Å². The van der Waals surface area contributed by atoms with Crippen LogP contribution in [0.3, 0.4) is 0 Å². The van der Waals surface area contributed by atoms with Crippen LogP contribution < -0.4 is 5.32 Å². The largest absolute Gasteiger partial charge is 0.480 e. The van der Waals surface area contributed by atoms with E-state index in [9.17, 15) is 14.4 Å². The maximum Gasteiger partial charge on any atom is 0.322 e. The first-order valence-corrected chi connectivity index (χ1v) is 20.6. The number of nitrogens with one attached hydrogen (secondary N) is 1. The summed E-state index contributed by atoms with van der Waals surface area (Å²) in [5.41, 5.74) is 0.704. The van der Waals surface area contributed by atoms with E-state index in [4.69, 9.17) is 9.84 Å². The molecule has 0 aromatic rings. The van der Waals surface area contributed by atoms with Crippen molar-refractivity contribution in [3.05, 3.63) is 24.3 Å². The molecule has 0 radical (unpaired) electrons. The second-order valence-electron chi connectivity index (χ2n) is 17.1. The number of rotatable bonds is 20. The molecular weight excluding hydrogens is 610 g/mol. The molecule has 4 aliphatic carbocycles. The summed E-state index contributed by atoms with van der Waals surface area (Å²) in [4.78, 5) is 35.8. The van der Waals surface area contributed by atoms with Crippen molar-refractivity contribution < 1.29 is 24.2 Å². The van der Waals surface area contributed by atoms with Gasteiger partial charge in [-0.15, -0.1) is 0 Å². The Kier molecular flexibility index (Phi) is 15.8. The molecular formula is C43H71NO5. The monoisotopic (exact) mass is 682 g/mol. The number of fused-ring (bicyclic) bond motifs is 5. The van der Waals surface area contributed by atoms with E-state index in [1.807, 2.05) is 0 Å². The number of unbranched alkanes of at least 4 members (excludes halogenated alkanes) is 7. The molecule has 4 aliphatic rings. The fourth-order valence-corrected chi connectivity index (χ4v) is 11.3. The van der Waals surface area contributed by atoms with Gasteiger partial charge in [-0.05, 0) is 143 Å². The van der Waals surface area contributed by atoms with Crippen molar-refractivity contribution in [3.63, 3.8) is 0 Å². The lowest BCUT2D eigenvalue weighted by molar-refractivity contribution is -0.162. The molecule has 9 atom stereocenters. The van der Waals surface area contributed by atoms with Crippen LogP contribution in [0.25, 0.3) is 0 Å². The van der Waals surface area contributed by atoms with Gasteiger partial charge in [0.05, 0.1) is 0 Å². The maximum atomic E-state index is 12.8. The molecule has 0 saturated heterocycles. The Hall–Kier alpha value is -2.11. The molecule has 4 fully saturated rings. The van der Waals surface area contributed by atoms with Crippen LogP contribution in [0.4, 0.5) is 0 Å². The van der Waals surface area contributed by atoms with E-state index in [0.29, 0.717) is 41.4 Å². The van der Waals surface area contributed by atoms with Gasteiger partial charge in [-0.2, -0.15) is 0 Å². The summed E-state index contributed by atoms with van der Waals surface area (Å²) in [5.74, 6) is 3.01. The number of carboxylic acids is 1. The van der Waals surface area contributed by atoms with Crippen LogP contribution in [0, 0.1) is 46.3 Å². The van der Waals surface area contributed by atoms with Crippen LogP contribution in [0.2, 0.25) is 0 Å². The Balaban J connectivity index is 1.13. The van der Waals surface area contributed by atoms with E-state index in [2.05, 4.69) is 57.3 Å². The van der Waals surface area contributed by atoms with E-state index in [-0.39, 0.29) is 24.5 Å². The fourth-order valence-electron chi connectivity index (χ4n) is 11.3. The predicted octanol–water partition coefficient (Wildman–Crippen LogP) is 10.6. The molecule has 0 aromatic heterocycles. The zero-order valence-electron chi connectivity index (χ0n) is 31.7. The Morgan fingerprint density at radius 3 is 2.27 bits per heavy atom. The summed E-state index contributed by atoms with van der Waals surface area (Å²) >= 11 is 0. The van der Waals surface area contributed by atoms with E-state index in [0.717, 1.165) is 62.7 Å². The van der Waals surface area contributed by atoms with Crippen LogP contribution in [0.5, 0.6) is 0 Å². The third kappa shape index (κ3) is 10.9. The molecule has 278 valence electrons. The number of amides is 1. The first kappa shape index (κ1) is 39.7. The standard InChI is InChI=1S/C43H71NO5/c1-5-6-7-8-9-10-11-12-13-14-15-16-17-18-19-41(48)49-34-26-28-42(3)33(30-34)21-22-35-37-24-23-36(43(37,4)29-27-38(35)42)32(2)20-25-39(45)44-31-40(46)47/h8-9,11-12,32-38H,5-7,10,13-31H2,1-4H3,(H,44,45)(H,46,47)/b9-8-,12-11-. The number of hydrogen-bond donors (Lipinski definition) is 2. The summed E-state index contributed by atoms with van der Waals surface area (Å²) < 4.78 is 6.12. The molecule has 4 saturated carbocycles. The number of ether oxygens (including phenoxy) is 1.